The predicted molar refractivity (Wildman–Crippen MR) is 92.1 cm³/mol. The van der Waals surface area contributed by atoms with Crippen LogP contribution >= 0.6 is 0 Å². The highest BCUT2D eigenvalue weighted by Gasteiger charge is 2.17. The topological polar surface area (TPSA) is 43.6 Å². The van der Waals surface area contributed by atoms with Crippen LogP contribution in [0.15, 0.2) is 36.9 Å². The Labute approximate surface area is 136 Å². The van der Waals surface area contributed by atoms with Gasteiger partial charge in [-0.1, -0.05) is 19.3 Å². The minimum Gasteiger partial charge on any atom is -0.264 e. The lowest BCUT2D eigenvalue weighted by Crippen LogP contribution is -2.15. The Hall–Kier alpha value is -2.23. The summed E-state index contributed by atoms with van der Waals surface area (Å²) in [5.41, 5.74) is 4.57. The molecule has 1 aliphatic carbocycles. The fourth-order valence-corrected chi connectivity index (χ4v) is 3.71. The number of pyridine rings is 2. The second kappa shape index (κ2) is 6.11. The van der Waals surface area contributed by atoms with Gasteiger partial charge in [0.15, 0.2) is 5.65 Å². The van der Waals surface area contributed by atoms with E-state index in [2.05, 4.69) is 32.7 Å². The van der Waals surface area contributed by atoms with Crippen molar-refractivity contribution in [1.29, 1.82) is 0 Å². The van der Waals surface area contributed by atoms with Crippen molar-refractivity contribution in [3.05, 3.63) is 42.5 Å². The zero-order chi connectivity index (χ0) is 15.6. The lowest BCUT2D eigenvalue weighted by Gasteiger charge is -2.21. The highest BCUT2D eigenvalue weighted by Crippen LogP contribution is 2.30. The third-order valence-electron chi connectivity index (χ3n) is 5.02. The molecule has 0 saturated heterocycles. The van der Waals surface area contributed by atoms with Crippen molar-refractivity contribution < 1.29 is 0 Å². The van der Waals surface area contributed by atoms with Gasteiger partial charge >= 0.3 is 0 Å². The van der Waals surface area contributed by atoms with Gasteiger partial charge in [0.25, 0.3) is 0 Å². The highest BCUT2D eigenvalue weighted by atomic mass is 15.3. The van der Waals surface area contributed by atoms with Crippen LogP contribution < -0.4 is 0 Å². The van der Waals surface area contributed by atoms with Crippen LogP contribution in [-0.4, -0.2) is 19.7 Å². The first-order valence-electron chi connectivity index (χ1n) is 8.54. The summed E-state index contributed by atoms with van der Waals surface area (Å²) in [7, 11) is 0. The lowest BCUT2D eigenvalue weighted by atomic mass is 9.89. The maximum Gasteiger partial charge on any atom is 0.158 e. The second-order valence-electron chi connectivity index (χ2n) is 6.62. The second-order valence-corrected chi connectivity index (χ2v) is 6.62. The first kappa shape index (κ1) is 14.4. The molecule has 3 aromatic rings. The zero-order valence-corrected chi connectivity index (χ0v) is 13.6. The van der Waals surface area contributed by atoms with Crippen LogP contribution in [0.3, 0.4) is 0 Å². The molecule has 0 spiro atoms. The normalized spacial score (nSPS) is 16.0. The van der Waals surface area contributed by atoms with E-state index in [4.69, 9.17) is 0 Å². The van der Waals surface area contributed by atoms with E-state index >= 15 is 0 Å². The van der Waals surface area contributed by atoms with E-state index in [0.29, 0.717) is 0 Å². The van der Waals surface area contributed by atoms with Gasteiger partial charge in [0.2, 0.25) is 0 Å². The summed E-state index contributed by atoms with van der Waals surface area (Å²) in [6.45, 7) is 3.11. The van der Waals surface area contributed by atoms with Crippen LogP contribution in [0.5, 0.6) is 0 Å². The highest BCUT2D eigenvalue weighted by molar-refractivity contribution is 5.92. The Bertz CT molecular complexity index is 815. The quantitative estimate of drug-likeness (QED) is 0.721. The third-order valence-corrected chi connectivity index (χ3v) is 5.02. The van der Waals surface area contributed by atoms with Crippen LogP contribution in [0, 0.1) is 12.8 Å². The molecule has 0 unspecified atom stereocenters. The molecule has 4 heteroatoms. The number of aryl methyl sites for hydroxylation is 1. The van der Waals surface area contributed by atoms with Gasteiger partial charge in [-0.15, -0.1) is 0 Å². The van der Waals surface area contributed by atoms with Crippen molar-refractivity contribution in [3.63, 3.8) is 0 Å². The van der Waals surface area contributed by atoms with Crippen molar-refractivity contribution >= 4 is 11.0 Å². The van der Waals surface area contributed by atoms with Crippen LogP contribution in [0.2, 0.25) is 0 Å². The number of fused-ring (bicyclic) bond motifs is 1. The average Bonchev–Trinajstić information content (AvgIpc) is 3.00. The van der Waals surface area contributed by atoms with Gasteiger partial charge in [-0.05, 0) is 48.9 Å². The first-order chi connectivity index (χ1) is 11.3. The standard InChI is InChI=1S/C19H22N4/c1-14-7-9-20-11-17(14)16-8-10-21-19-18(16)12-22-23(19)13-15-5-3-2-4-6-15/h7-12,15H,2-6,13H2,1H3. The number of rotatable bonds is 3. The number of aromatic nitrogens is 4. The Balaban J connectivity index is 1.73. The van der Waals surface area contributed by atoms with Gasteiger partial charge in [0.05, 0.1) is 6.20 Å². The molecule has 118 valence electrons. The smallest absolute Gasteiger partial charge is 0.158 e. The molecule has 0 aromatic carbocycles. The Kier molecular flexibility index (Phi) is 3.82. The fourth-order valence-electron chi connectivity index (χ4n) is 3.71. The van der Waals surface area contributed by atoms with Crippen molar-refractivity contribution in [2.24, 2.45) is 5.92 Å². The monoisotopic (exact) mass is 306 g/mol. The molecule has 1 saturated carbocycles. The van der Waals surface area contributed by atoms with Crippen LogP contribution in [0.4, 0.5) is 0 Å². The summed E-state index contributed by atoms with van der Waals surface area (Å²) < 4.78 is 2.10. The number of nitrogens with zero attached hydrogens (tertiary/aromatic N) is 4. The Morgan fingerprint density at radius 3 is 2.74 bits per heavy atom. The largest absolute Gasteiger partial charge is 0.264 e. The first-order valence-corrected chi connectivity index (χ1v) is 8.54. The van der Waals surface area contributed by atoms with E-state index in [9.17, 15) is 0 Å². The van der Waals surface area contributed by atoms with E-state index in [1.807, 2.05) is 30.9 Å². The molecule has 3 aromatic heterocycles. The minimum atomic E-state index is 0.748. The molecule has 1 aliphatic rings. The van der Waals surface area contributed by atoms with E-state index in [-0.39, 0.29) is 0 Å². The van der Waals surface area contributed by atoms with E-state index in [1.165, 1.54) is 43.2 Å². The average molecular weight is 306 g/mol. The maximum atomic E-state index is 4.64. The summed E-state index contributed by atoms with van der Waals surface area (Å²) in [6.07, 6.45) is 14.4. The molecule has 0 amide bonds. The molecule has 4 nitrogen and oxygen atoms in total. The van der Waals surface area contributed by atoms with Gasteiger partial charge in [-0.3, -0.25) is 4.98 Å². The van der Waals surface area contributed by atoms with Crippen LogP contribution in [-0.2, 0) is 6.54 Å². The fraction of sp³-hybridized carbons (Fsp3) is 0.421. The van der Waals surface area contributed by atoms with E-state index < -0.39 is 0 Å². The van der Waals surface area contributed by atoms with Crippen molar-refractivity contribution in [2.45, 2.75) is 45.6 Å². The lowest BCUT2D eigenvalue weighted by molar-refractivity contribution is 0.311. The molecular formula is C19H22N4. The van der Waals surface area contributed by atoms with Crippen LogP contribution in [0.25, 0.3) is 22.2 Å². The molecule has 0 radical (unpaired) electrons. The van der Waals surface area contributed by atoms with Crippen molar-refractivity contribution in [1.82, 2.24) is 19.7 Å². The van der Waals surface area contributed by atoms with Crippen molar-refractivity contribution in [2.75, 3.05) is 0 Å². The van der Waals surface area contributed by atoms with Gasteiger partial charge < -0.3 is 0 Å². The SMILES string of the molecule is Cc1ccncc1-c1ccnc2c1cnn2CC1CCCCC1. The molecular weight excluding hydrogens is 284 g/mol. The minimum absolute atomic E-state index is 0.748. The Morgan fingerprint density at radius 1 is 1.04 bits per heavy atom. The molecule has 0 N–H and O–H groups in total. The summed E-state index contributed by atoms with van der Waals surface area (Å²) in [5, 5.41) is 5.76. The predicted octanol–water partition coefficient (Wildman–Crippen LogP) is 4.38. The summed E-state index contributed by atoms with van der Waals surface area (Å²) in [4.78, 5) is 8.88. The number of hydrogen-bond donors (Lipinski definition) is 0. The molecule has 4 rings (SSSR count). The Morgan fingerprint density at radius 2 is 1.91 bits per heavy atom. The molecule has 23 heavy (non-hydrogen) atoms. The zero-order valence-electron chi connectivity index (χ0n) is 13.6. The summed E-state index contributed by atoms with van der Waals surface area (Å²) >= 11 is 0. The van der Waals surface area contributed by atoms with Crippen LogP contribution in [0.1, 0.15) is 37.7 Å². The van der Waals surface area contributed by atoms with Crippen molar-refractivity contribution in [3.8, 4) is 11.1 Å². The van der Waals surface area contributed by atoms with Gasteiger partial charge in [0, 0.05) is 36.1 Å². The molecule has 3 heterocycles. The summed E-state index contributed by atoms with van der Waals surface area (Å²) in [5.74, 6) is 0.748. The number of hydrogen-bond acceptors (Lipinski definition) is 3. The van der Waals surface area contributed by atoms with Gasteiger partial charge in [-0.2, -0.15) is 5.10 Å². The third kappa shape index (κ3) is 2.74. The maximum absolute atomic E-state index is 4.64. The van der Waals surface area contributed by atoms with E-state index in [1.54, 1.807) is 0 Å². The molecule has 0 atom stereocenters. The molecule has 0 aliphatic heterocycles. The molecule has 1 fully saturated rings. The molecule has 0 bridgehead atoms. The summed E-state index contributed by atoms with van der Waals surface area (Å²) in [6, 6.07) is 4.12. The van der Waals surface area contributed by atoms with Gasteiger partial charge in [0.1, 0.15) is 0 Å². The van der Waals surface area contributed by atoms with E-state index in [0.717, 1.165) is 29.1 Å². The van der Waals surface area contributed by atoms with Gasteiger partial charge in [-0.25, -0.2) is 9.67 Å².